The van der Waals surface area contributed by atoms with Crippen LogP contribution < -0.4 is 21.3 Å². The molecule has 0 aromatic rings. The van der Waals surface area contributed by atoms with E-state index in [1.807, 2.05) is 27.7 Å². The summed E-state index contributed by atoms with van der Waals surface area (Å²) in [4.78, 5) is 82.3. The second-order valence-corrected chi connectivity index (χ2v) is 17.2. The van der Waals surface area contributed by atoms with Crippen molar-refractivity contribution in [2.24, 2.45) is 28.1 Å². The summed E-state index contributed by atoms with van der Waals surface area (Å²) in [6.07, 6.45) is 3.81. The average Bonchev–Trinajstić information content (AvgIpc) is 3.27. The molecule has 4 N–H and O–H groups in total. The van der Waals surface area contributed by atoms with Crippen molar-refractivity contribution < 1.29 is 33.5 Å². The van der Waals surface area contributed by atoms with Gasteiger partial charge in [0, 0.05) is 13.1 Å². The standard InChI is InChI=1S/C36H61N5O7/c1-14-16-17-23(25(42)29(44)37-18-15-2)38-28(43)24-21-19-36(12,13)22(21)20-41(24)30(45)26(33(3,4)5)39-32(47)40-27(34(6,7)8)31(46)48-35(9,10)11/h15,21-24,26-27H,2,14,16-20H2,1,3-13H3,(H,37,44)(H,38,43)(H2,39,40,47)/t21-,22-,23?,24-,26+,27+/m0/s1. The number of fused-ring (bicyclic) bond motifs is 1. The molecule has 1 saturated carbocycles. The van der Waals surface area contributed by atoms with Crippen LogP contribution in [0.2, 0.25) is 0 Å². The number of hydrogen-bond donors (Lipinski definition) is 4. The van der Waals surface area contributed by atoms with Gasteiger partial charge in [0.05, 0.1) is 6.04 Å². The van der Waals surface area contributed by atoms with E-state index in [9.17, 15) is 28.8 Å². The lowest BCUT2D eigenvalue weighted by Crippen LogP contribution is -2.62. The first kappa shape index (κ1) is 40.7. The molecule has 1 saturated heterocycles. The molecule has 0 aromatic heterocycles. The predicted octanol–water partition coefficient (Wildman–Crippen LogP) is 3.88. The van der Waals surface area contributed by atoms with Gasteiger partial charge in [-0.25, -0.2) is 9.59 Å². The van der Waals surface area contributed by atoms with Gasteiger partial charge in [0.2, 0.25) is 17.6 Å². The number of nitrogens with one attached hydrogen (secondary N) is 4. The van der Waals surface area contributed by atoms with E-state index in [1.54, 1.807) is 41.5 Å². The summed E-state index contributed by atoms with van der Waals surface area (Å²) in [5.74, 6) is -3.19. The Morgan fingerprint density at radius 3 is 1.96 bits per heavy atom. The molecule has 2 fully saturated rings. The number of unbranched alkanes of at least 4 members (excludes halogenated alkanes) is 1. The number of urea groups is 1. The molecule has 5 amide bonds. The first-order chi connectivity index (χ1) is 21.9. The number of carbonyl (C=O) groups excluding carboxylic acids is 6. The molecule has 48 heavy (non-hydrogen) atoms. The molecule has 0 spiro atoms. The molecular weight excluding hydrogens is 614 g/mol. The molecule has 1 aliphatic heterocycles. The fourth-order valence-corrected chi connectivity index (χ4v) is 6.61. The van der Waals surface area contributed by atoms with Gasteiger partial charge in [-0.2, -0.15) is 0 Å². The van der Waals surface area contributed by atoms with Gasteiger partial charge in [-0.15, -0.1) is 6.58 Å². The van der Waals surface area contributed by atoms with Crippen LogP contribution in [-0.4, -0.2) is 83.3 Å². The monoisotopic (exact) mass is 675 g/mol. The Morgan fingerprint density at radius 1 is 0.917 bits per heavy atom. The zero-order valence-electron chi connectivity index (χ0n) is 31.3. The van der Waals surface area contributed by atoms with Crippen LogP contribution in [0.15, 0.2) is 12.7 Å². The smallest absolute Gasteiger partial charge is 0.329 e. The Balaban J connectivity index is 2.39. The predicted molar refractivity (Wildman–Crippen MR) is 185 cm³/mol. The van der Waals surface area contributed by atoms with Crippen molar-refractivity contribution in [2.45, 2.75) is 139 Å². The number of esters is 1. The Kier molecular flexibility index (Phi) is 13.1. The highest BCUT2D eigenvalue weighted by molar-refractivity contribution is 6.38. The van der Waals surface area contributed by atoms with E-state index >= 15 is 0 Å². The molecule has 0 radical (unpaired) electrons. The second kappa shape index (κ2) is 15.4. The molecule has 272 valence electrons. The summed E-state index contributed by atoms with van der Waals surface area (Å²) in [7, 11) is 0. The van der Waals surface area contributed by atoms with Crippen molar-refractivity contribution in [2.75, 3.05) is 13.1 Å². The van der Waals surface area contributed by atoms with E-state index in [1.165, 1.54) is 11.0 Å². The fraction of sp³-hybridized carbons (Fsp3) is 0.778. The summed E-state index contributed by atoms with van der Waals surface area (Å²) in [5.41, 5.74) is -2.36. The molecule has 1 heterocycles. The van der Waals surface area contributed by atoms with Gasteiger partial charge >= 0.3 is 12.0 Å². The van der Waals surface area contributed by atoms with Crippen LogP contribution >= 0.6 is 0 Å². The highest BCUT2D eigenvalue weighted by Gasteiger charge is 2.61. The van der Waals surface area contributed by atoms with Gasteiger partial charge in [0.15, 0.2) is 0 Å². The first-order valence-corrected chi connectivity index (χ1v) is 17.2. The maximum absolute atomic E-state index is 14.5. The van der Waals surface area contributed by atoms with Gasteiger partial charge in [0.1, 0.15) is 23.7 Å². The topological polar surface area (TPSA) is 163 Å². The van der Waals surface area contributed by atoms with Crippen LogP contribution in [0, 0.1) is 28.1 Å². The van der Waals surface area contributed by atoms with Gasteiger partial charge in [-0.05, 0) is 61.7 Å². The van der Waals surface area contributed by atoms with Crippen LogP contribution in [-0.2, 0) is 28.7 Å². The van der Waals surface area contributed by atoms with Crippen LogP contribution in [0.4, 0.5) is 4.79 Å². The second-order valence-electron chi connectivity index (χ2n) is 17.2. The fourth-order valence-electron chi connectivity index (χ4n) is 6.61. The first-order valence-electron chi connectivity index (χ1n) is 17.2. The minimum absolute atomic E-state index is 0.0322. The zero-order chi connectivity index (χ0) is 37.0. The molecular formula is C36H61N5O7. The summed E-state index contributed by atoms with van der Waals surface area (Å²) in [5, 5.41) is 10.9. The number of ether oxygens (including phenoxy) is 1. The Bertz CT molecular complexity index is 1240. The van der Waals surface area contributed by atoms with Crippen LogP contribution in [0.1, 0.15) is 109 Å². The minimum Gasteiger partial charge on any atom is -0.458 e. The number of nitrogens with zero attached hydrogens (tertiary/aromatic N) is 1. The molecule has 1 aliphatic carbocycles. The lowest BCUT2D eigenvalue weighted by atomic mass is 9.55. The Hall–Kier alpha value is -3.44. The molecule has 2 rings (SSSR count). The number of ketones is 1. The largest absolute Gasteiger partial charge is 0.458 e. The summed E-state index contributed by atoms with van der Waals surface area (Å²) >= 11 is 0. The molecule has 1 unspecified atom stereocenters. The molecule has 6 atom stereocenters. The SMILES string of the molecule is C=CCNC(=O)C(=O)C(CCCC)NC(=O)[C@@H]1[C@H]2CC(C)(C)[C@H]2CN1C(=O)[C@@H](NC(=O)N[C@H](C(=O)OC(C)(C)C)C(C)(C)C)C(C)(C)C. The van der Waals surface area contributed by atoms with Crippen molar-refractivity contribution in [3.63, 3.8) is 0 Å². The van der Waals surface area contributed by atoms with E-state index in [4.69, 9.17) is 4.74 Å². The van der Waals surface area contributed by atoms with E-state index in [0.29, 0.717) is 19.4 Å². The molecule has 0 aromatic carbocycles. The maximum Gasteiger partial charge on any atom is 0.329 e. The quantitative estimate of drug-likeness (QED) is 0.131. The maximum atomic E-state index is 14.5. The minimum atomic E-state index is -1.06. The van der Waals surface area contributed by atoms with Gasteiger partial charge in [-0.3, -0.25) is 19.2 Å². The number of likely N-dealkylation sites (tertiary alicyclic amines) is 1. The van der Waals surface area contributed by atoms with Crippen molar-refractivity contribution in [1.82, 2.24) is 26.2 Å². The van der Waals surface area contributed by atoms with Crippen molar-refractivity contribution >= 4 is 35.5 Å². The summed E-state index contributed by atoms with van der Waals surface area (Å²) in [6.45, 7) is 26.2. The number of amides is 5. The molecule has 12 heteroatoms. The highest BCUT2D eigenvalue weighted by atomic mass is 16.6. The van der Waals surface area contributed by atoms with E-state index in [0.717, 1.165) is 6.42 Å². The van der Waals surface area contributed by atoms with Crippen LogP contribution in [0.3, 0.4) is 0 Å². The molecule has 0 bridgehead atoms. The lowest BCUT2D eigenvalue weighted by Gasteiger charge is -2.48. The Morgan fingerprint density at radius 2 is 1.48 bits per heavy atom. The summed E-state index contributed by atoms with van der Waals surface area (Å²) in [6, 6.07) is -4.71. The molecule has 12 nitrogen and oxygen atoms in total. The van der Waals surface area contributed by atoms with Gasteiger partial charge in [-0.1, -0.05) is 81.2 Å². The van der Waals surface area contributed by atoms with E-state index in [2.05, 4.69) is 41.7 Å². The van der Waals surface area contributed by atoms with Crippen molar-refractivity contribution in [3.8, 4) is 0 Å². The number of hydrogen-bond acceptors (Lipinski definition) is 7. The van der Waals surface area contributed by atoms with Gasteiger partial charge < -0.3 is 30.9 Å². The number of Topliss-reactive ketones (excluding diaryl/α,β-unsaturated/α-hetero) is 1. The number of rotatable bonds is 13. The summed E-state index contributed by atoms with van der Waals surface area (Å²) < 4.78 is 5.57. The lowest BCUT2D eigenvalue weighted by molar-refractivity contribution is -0.160. The third-order valence-electron chi connectivity index (χ3n) is 9.25. The van der Waals surface area contributed by atoms with E-state index in [-0.39, 0.29) is 30.2 Å². The van der Waals surface area contributed by atoms with Crippen molar-refractivity contribution in [3.05, 3.63) is 12.7 Å². The third-order valence-corrected chi connectivity index (χ3v) is 9.25. The number of carbonyl (C=O) groups is 6. The normalized spacial score (nSPS) is 22.2. The van der Waals surface area contributed by atoms with E-state index < -0.39 is 76.1 Å². The highest BCUT2D eigenvalue weighted by Crippen LogP contribution is 2.57. The molecule has 2 aliphatic rings. The van der Waals surface area contributed by atoms with Crippen molar-refractivity contribution in [1.29, 1.82) is 0 Å². The zero-order valence-corrected chi connectivity index (χ0v) is 31.3. The van der Waals surface area contributed by atoms with Crippen LogP contribution in [0.25, 0.3) is 0 Å². The Labute approximate surface area is 287 Å². The van der Waals surface area contributed by atoms with Gasteiger partial charge in [0.25, 0.3) is 5.91 Å². The average molecular weight is 676 g/mol. The third kappa shape index (κ3) is 10.3. The van der Waals surface area contributed by atoms with Crippen LogP contribution in [0.5, 0.6) is 0 Å².